The van der Waals surface area contributed by atoms with Crippen molar-refractivity contribution >= 4 is 17.3 Å². The van der Waals surface area contributed by atoms with E-state index in [1.54, 1.807) is 6.20 Å². The molecule has 0 amide bonds. The van der Waals surface area contributed by atoms with Crippen LogP contribution in [0.4, 0.5) is 5.69 Å². The molecule has 1 aliphatic rings. The van der Waals surface area contributed by atoms with Crippen LogP contribution in [0.25, 0.3) is 0 Å². The lowest BCUT2D eigenvalue weighted by atomic mass is 9.87. The SMILES string of the molecule is Clc1cc(NCCC2CCCCC2)ccn1. The van der Waals surface area contributed by atoms with Crippen molar-refractivity contribution in [3.63, 3.8) is 0 Å². The van der Waals surface area contributed by atoms with E-state index in [9.17, 15) is 0 Å². The Balaban J connectivity index is 1.71. The van der Waals surface area contributed by atoms with Gasteiger partial charge in [0.05, 0.1) is 0 Å². The summed E-state index contributed by atoms with van der Waals surface area (Å²) in [4.78, 5) is 3.96. The van der Waals surface area contributed by atoms with Crippen LogP contribution in [0.5, 0.6) is 0 Å². The zero-order valence-electron chi connectivity index (χ0n) is 9.58. The third-order valence-corrected chi connectivity index (χ3v) is 3.54. The predicted octanol–water partition coefficient (Wildman–Crippen LogP) is 4.12. The predicted molar refractivity (Wildman–Crippen MR) is 68.9 cm³/mol. The molecule has 16 heavy (non-hydrogen) atoms. The topological polar surface area (TPSA) is 24.9 Å². The zero-order chi connectivity index (χ0) is 11.2. The molecular weight excluding hydrogens is 220 g/mol. The lowest BCUT2D eigenvalue weighted by Gasteiger charge is -2.21. The Morgan fingerprint density at radius 1 is 1.31 bits per heavy atom. The van der Waals surface area contributed by atoms with E-state index in [2.05, 4.69) is 10.3 Å². The highest BCUT2D eigenvalue weighted by atomic mass is 35.5. The van der Waals surface area contributed by atoms with E-state index >= 15 is 0 Å². The Labute approximate surface area is 102 Å². The van der Waals surface area contributed by atoms with Crippen LogP contribution in [-0.2, 0) is 0 Å². The monoisotopic (exact) mass is 238 g/mol. The molecule has 0 bridgehead atoms. The molecule has 1 fully saturated rings. The maximum atomic E-state index is 5.82. The highest BCUT2D eigenvalue weighted by Gasteiger charge is 2.12. The number of hydrogen-bond donors (Lipinski definition) is 1. The van der Waals surface area contributed by atoms with Crippen LogP contribution < -0.4 is 5.32 Å². The number of rotatable bonds is 4. The van der Waals surface area contributed by atoms with Crippen molar-refractivity contribution in [1.82, 2.24) is 4.98 Å². The van der Waals surface area contributed by atoms with Crippen molar-refractivity contribution in [3.05, 3.63) is 23.5 Å². The standard InChI is InChI=1S/C13H19ClN2/c14-13-10-12(7-9-16-13)15-8-6-11-4-2-1-3-5-11/h7,9-11H,1-6,8H2,(H,15,16). The van der Waals surface area contributed by atoms with Crippen LogP contribution in [-0.4, -0.2) is 11.5 Å². The molecule has 0 saturated heterocycles. The van der Waals surface area contributed by atoms with Gasteiger partial charge in [0, 0.05) is 18.4 Å². The lowest BCUT2D eigenvalue weighted by molar-refractivity contribution is 0.345. The average Bonchev–Trinajstić information content (AvgIpc) is 2.30. The molecule has 0 unspecified atom stereocenters. The van der Waals surface area contributed by atoms with Crippen LogP contribution >= 0.6 is 11.6 Å². The summed E-state index contributed by atoms with van der Waals surface area (Å²) in [5, 5.41) is 3.97. The van der Waals surface area contributed by atoms with Gasteiger partial charge in [-0.15, -0.1) is 0 Å². The average molecular weight is 239 g/mol. The first-order chi connectivity index (χ1) is 7.84. The molecule has 1 aromatic rings. The number of anilines is 1. The first-order valence-corrected chi connectivity index (χ1v) is 6.58. The maximum absolute atomic E-state index is 5.82. The van der Waals surface area contributed by atoms with Gasteiger partial charge in [-0.25, -0.2) is 4.98 Å². The Bertz CT molecular complexity index is 321. The second-order valence-corrected chi connectivity index (χ2v) is 4.97. The van der Waals surface area contributed by atoms with Crippen molar-refractivity contribution in [3.8, 4) is 0 Å². The Kier molecular flexibility index (Phi) is 4.46. The fourth-order valence-corrected chi connectivity index (χ4v) is 2.58. The third-order valence-electron chi connectivity index (χ3n) is 3.33. The highest BCUT2D eigenvalue weighted by Crippen LogP contribution is 2.26. The molecule has 2 nitrogen and oxygen atoms in total. The van der Waals surface area contributed by atoms with Gasteiger partial charge >= 0.3 is 0 Å². The van der Waals surface area contributed by atoms with Gasteiger partial charge in [-0.05, 0) is 24.5 Å². The molecule has 0 spiro atoms. The largest absolute Gasteiger partial charge is 0.385 e. The van der Waals surface area contributed by atoms with E-state index in [1.807, 2.05) is 12.1 Å². The molecule has 0 atom stereocenters. The minimum Gasteiger partial charge on any atom is -0.385 e. The zero-order valence-corrected chi connectivity index (χ0v) is 10.3. The van der Waals surface area contributed by atoms with E-state index in [-0.39, 0.29) is 0 Å². The highest BCUT2D eigenvalue weighted by molar-refractivity contribution is 6.29. The molecule has 0 radical (unpaired) electrons. The second-order valence-electron chi connectivity index (χ2n) is 4.59. The normalized spacial score (nSPS) is 17.3. The number of aromatic nitrogens is 1. The van der Waals surface area contributed by atoms with Gasteiger partial charge in [0.2, 0.25) is 0 Å². The molecular formula is C13H19ClN2. The van der Waals surface area contributed by atoms with Gasteiger partial charge in [-0.2, -0.15) is 0 Å². The summed E-state index contributed by atoms with van der Waals surface area (Å²) in [6.07, 6.45) is 10.1. The van der Waals surface area contributed by atoms with Crippen molar-refractivity contribution in [2.75, 3.05) is 11.9 Å². The molecule has 1 heterocycles. The smallest absolute Gasteiger partial charge is 0.131 e. The molecule has 0 aliphatic heterocycles. The van der Waals surface area contributed by atoms with Crippen LogP contribution in [0.15, 0.2) is 18.3 Å². The van der Waals surface area contributed by atoms with Gasteiger partial charge in [0.15, 0.2) is 0 Å². The van der Waals surface area contributed by atoms with Gasteiger partial charge in [0.1, 0.15) is 5.15 Å². The van der Waals surface area contributed by atoms with E-state index in [4.69, 9.17) is 11.6 Å². The minimum atomic E-state index is 0.558. The molecule has 0 aromatic carbocycles. The number of pyridine rings is 1. The van der Waals surface area contributed by atoms with E-state index in [0.29, 0.717) is 5.15 Å². The quantitative estimate of drug-likeness (QED) is 0.799. The summed E-state index contributed by atoms with van der Waals surface area (Å²) >= 11 is 5.82. The number of nitrogens with one attached hydrogen (secondary N) is 1. The molecule has 1 aliphatic carbocycles. The van der Waals surface area contributed by atoms with Gasteiger partial charge in [-0.1, -0.05) is 43.7 Å². The molecule has 1 saturated carbocycles. The molecule has 1 N–H and O–H groups in total. The van der Waals surface area contributed by atoms with Crippen LogP contribution in [0.1, 0.15) is 38.5 Å². The summed E-state index contributed by atoms with van der Waals surface area (Å²) < 4.78 is 0. The first kappa shape index (κ1) is 11.7. The summed E-state index contributed by atoms with van der Waals surface area (Å²) in [6.45, 7) is 1.05. The Morgan fingerprint density at radius 2 is 2.12 bits per heavy atom. The first-order valence-electron chi connectivity index (χ1n) is 6.20. The van der Waals surface area contributed by atoms with Crippen LogP contribution in [0.3, 0.4) is 0 Å². The fraction of sp³-hybridized carbons (Fsp3) is 0.615. The van der Waals surface area contributed by atoms with Crippen molar-refractivity contribution in [1.29, 1.82) is 0 Å². The van der Waals surface area contributed by atoms with E-state index in [0.717, 1.165) is 18.2 Å². The molecule has 2 rings (SSSR count). The number of nitrogens with zero attached hydrogens (tertiary/aromatic N) is 1. The molecule has 88 valence electrons. The fourth-order valence-electron chi connectivity index (χ4n) is 2.41. The van der Waals surface area contributed by atoms with Crippen molar-refractivity contribution in [2.45, 2.75) is 38.5 Å². The summed E-state index contributed by atoms with van der Waals surface area (Å²) in [6, 6.07) is 3.84. The van der Waals surface area contributed by atoms with Crippen molar-refractivity contribution < 1.29 is 0 Å². The molecule has 3 heteroatoms. The van der Waals surface area contributed by atoms with Gasteiger partial charge in [-0.3, -0.25) is 0 Å². The minimum absolute atomic E-state index is 0.558. The third kappa shape index (κ3) is 3.67. The van der Waals surface area contributed by atoms with Gasteiger partial charge in [0.25, 0.3) is 0 Å². The van der Waals surface area contributed by atoms with Crippen LogP contribution in [0, 0.1) is 5.92 Å². The van der Waals surface area contributed by atoms with E-state index in [1.165, 1.54) is 38.5 Å². The molecule has 1 aromatic heterocycles. The summed E-state index contributed by atoms with van der Waals surface area (Å²) in [5.41, 5.74) is 1.08. The Morgan fingerprint density at radius 3 is 2.88 bits per heavy atom. The maximum Gasteiger partial charge on any atom is 0.131 e. The number of halogens is 1. The van der Waals surface area contributed by atoms with E-state index < -0.39 is 0 Å². The summed E-state index contributed by atoms with van der Waals surface area (Å²) in [7, 11) is 0. The van der Waals surface area contributed by atoms with Crippen molar-refractivity contribution in [2.24, 2.45) is 5.92 Å². The number of hydrogen-bond acceptors (Lipinski definition) is 2. The lowest BCUT2D eigenvalue weighted by Crippen LogP contribution is -2.12. The van der Waals surface area contributed by atoms with Crippen LogP contribution in [0.2, 0.25) is 5.15 Å². The van der Waals surface area contributed by atoms with Gasteiger partial charge < -0.3 is 5.32 Å². The second kappa shape index (κ2) is 6.09. The summed E-state index contributed by atoms with van der Waals surface area (Å²) in [5.74, 6) is 0.929. The Hall–Kier alpha value is -0.760.